The molecule has 2 N–H and O–H groups in total. The number of hydrogen-bond acceptors (Lipinski definition) is 3. The van der Waals surface area contributed by atoms with Crippen LogP contribution in [0.15, 0.2) is 59.2 Å². The summed E-state index contributed by atoms with van der Waals surface area (Å²) in [7, 11) is 0. The van der Waals surface area contributed by atoms with E-state index in [0.717, 1.165) is 33.8 Å². The lowest BCUT2D eigenvalue weighted by atomic mass is 10.0. The number of para-hydroxylation sites is 1. The number of fused-ring (bicyclic) bond motifs is 1. The Morgan fingerprint density at radius 1 is 1.09 bits per heavy atom. The third-order valence-corrected chi connectivity index (χ3v) is 7.49. The van der Waals surface area contributed by atoms with Crippen LogP contribution in [-0.4, -0.2) is 64.2 Å². The van der Waals surface area contributed by atoms with E-state index in [-0.39, 0.29) is 29.7 Å². The minimum Gasteiger partial charge on any atom is -0.361 e. The van der Waals surface area contributed by atoms with Gasteiger partial charge in [-0.1, -0.05) is 34.1 Å². The summed E-state index contributed by atoms with van der Waals surface area (Å²) >= 11 is 3.39. The molecule has 35 heavy (non-hydrogen) atoms. The van der Waals surface area contributed by atoms with Crippen molar-refractivity contribution in [1.29, 1.82) is 0 Å². The topological polar surface area (TPSA) is 85.5 Å². The standard InChI is InChI=1S/C27H29BrN4O3/c1-17-16-31(12-13-32(17)26(34)19-6-7-19)27(35)24(30-25(33)18-8-10-21(28)11-9-18)14-20-15-29-23-5-3-2-4-22(20)23/h2-5,8-11,15,17,19,24,29H,6-7,12-14,16H2,1H3,(H,30,33). The van der Waals surface area contributed by atoms with Crippen LogP contribution in [0, 0.1) is 5.92 Å². The van der Waals surface area contributed by atoms with Gasteiger partial charge in [-0.25, -0.2) is 0 Å². The first-order valence-electron chi connectivity index (χ1n) is 12.1. The molecule has 8 heteroatoms. The minimum atomic E-state index is -0.719. The second kappa shape index (κ2) is 9.85. The predicted molar refractivity (Wildman–Crippen MR) is 138 cm³/mol. The van der Waals surface area contributed by atoms with Crippen molar-refractivity contribution in [1.82, 2.24) is 20.1 Å². The molecule has 7 nitrogen and oxygen atoms in total. The summed E-state index contributed by atoms with van der Waals surface area (Å²) in [5.74, 6) is -0.0274. The number of piperazine rings is 1. The summed E-state index contributed by atoms with van der Waals surface area (Å²) in [4.78, 5) is 46.4. The molecule has 2 aromatic carbocycles. The number of nitrogens with one attached hydrogen (secondary N) is 2. The Bertz CT molecular complexity index is 1250. The van der Waals surface area contributed by atoms with Gasteiger partial charge >= 0.3 is 0 Å². The van der Waals surface area contributed by atoms with Gasteiger partial charge in [0, 0.05) is 65.2 Å². The largest absolute Gasteiger partial charge is 0.361 e. The minimum absolute atomic E-state index is 0.0447. The van der Waals surface area contributed by atoms with Crippen molar-refractivity contribution in [2.75, 3.05) is 19.6 Å². The molecule has 5 rings (SSSR count). The summed E-state index contributed by atoms with van der Waals surface area (Å²) in [5, 5.41) is 4.03. The molecule has 1 aliphatic carbocycles. The molecule has 3 aromatic rings. The highest BCUT2D eigenvalue weighted by Gasteiger charge is 2.39. The molecule has 0 bridgehead atoms. The Morgan fingerprint density at radius 2 is 1.83 bits per heavy atom. The number of benzene rings is 2. The first-order chi connectivity index (χ1) is 16.9. The van der Waals surface area contributed by atoms with Crippen molar-refractivity contribution in [3.63, 3.8) is 0 Å². The molecular formula is C27H29BrN4O3. The fourth-order valence-electron chi connectivity index (χ4n) is 4.83. The second-order valence-corrected chi connectivity index (χ2v) is 10.5. The molecule has 2 aliphatic rings. The van der Waals surface area contributed by atoms with E-state index in [2.05, 4.69) is 26.2 Å². The Balaban J connectivity index is 1.35. The predicted octanol–water partition coefficient (Wildman–Crippen LogP) is 3.74. The Kier molecular flexibility index (Phi) is 6.65. The maximum Gasteiger partial charge on any atom is 0.251 e. The molecule has 1 saturated carbocycles. The summed E-state index contributed by atoms with van der Waals surface area (Å²) < 4.78 is 0.882. The van der Waals surface area contributed by atoms with Gasteiger partial charge in [-0.3, -0.25) is 14.4 Å². The van der Waals surface area contributed by atoms with Gasteiger partial charge in [-0.15, -0.1) is 0 Å². The average molecular weight is 537 g/mol. The van der Waals surface area contributed by atoms with Gasteiger partial charge in [0.05, 0.1) is 0 Å². The first-order valence-corrected chi connectivity index (χ1v) is 12.9. The highest BCUT2D eigenvalue weighted by Crippen LogP contribution is 2.32. The summed E-state index contributed by atoms with van der Waals surface area (Å²) in [6.07, 6.45) is 4.23. The maximum atomic E-state index is 13.7. The van der Waals surface area contributed by atoms with Crippen LogP contribution in [0.5, 0.6) is 0 Å². The molecule has 2 fully saturated rings. The molecule has 1 aromatic heterocycles. The summed E-state index contributed by atoms with van der Waals surface area (Å²) in [5.41, 5.74) is 2.47. The monoisotopic (exact) mass is 536 g/mol. The Hall–Kier alpha value is -3.13. The molecule has 0 spiro atoms. The lowest BCUT2D eigenvalue weighted by Crippen LogP contribution is -2.59. The van der Waals surface area contributed by atoms with Crippen LogP contribution in [0.1, 0.15) is 35.7 Å². The number of nitrogens with zero attached hydrogens (tertiary/aromatic N) is 2. The number of aromatic nitrogens is 1. The molecule has 0 radical (unpaired) electrons. The normalized spacial score (nSPS) is 19.0. The molecule has 182 valence electrons. The van der Waals surface area contributed by atoms with E-state index in [4.69, 9.17) is 0 Å². The van der Waals surface area contributed by atoms with Crippen LogP contribution in [0.3, 0.4) is 0 Å². The second-order valence-electron chi connectivity index (χ2n) is 9.54. The molecule has 2 heterocycles. The molecule has 1 aliphatic heterocycles. The third kappa shape index (κ3) is 5.12. The van der Waals surface area contributed by atoms with E-state index in [1.54, 1.807) is 17.0 Å². The van der Waals surface area contributed by atoms with E-state index >= 15 is 0 Å². The first kappa shape index (κ1) is 23.6. The van der Waals surface area contributed by atoms with Crippen LogP contribution >= 0.6 is 15.9 Å². The number of carbonyl (C=O) groups excluding carboxylic acids is 3. The number of halogens is 1. The fourth-order valence-corrected chi connectivity index (χ4v) is 5.10. The van der Waals surface area contributed by atoms with Gasteiger partial charge in [-0.2, -0.15) is 0 Å². The van der Waals surface area contributed by atoms with Crippen molar-refractivity contribution < 1.29 is 14.4 Å². The number of H-pyrrole nitrogens is 1. The number of amides is 3. The number of carbonyl (C=O) groups is 3. The molecule has 2 unspecified atom stereocenters. The van der Waals surface area contributed by atoms with Gasteiger partial charge in [0.1, 0.15) is 6.04 Å². The fraction of sp³-hybridized carbons (Fsp3) is 0.370. The molecule has 2 atom stereocenters. The maximum absolute atomic E-state index is 13.7. The van der Waals surface area contributed by atoms with Crippen LogP contribution in [0.2, 0.25) is 0 Å². The Labute approximate surface area is 213 Å². The van der Waals surface area contributed by atoms with Crippen molar-refractivity contribution in [3.8, 4) is 0 Å². The summed E-state index contributed by atoms with van der Waals surface area (Å²) in [6.45, 7) is 3.47. The van der Waals surface area contributed by atoms with E-state index in [9.17, 15) is 14.4 Å². The highest BCUT2D eigenvalue weighted by molar-refractivity contribution is 9.10. The van der Waals surface area contributed by atoms with Crippen molar-refractivity contribution in [3.05, 3.63) is 70.3 Å². The van der Waals surface area contributed by atoms with Crippen LogP contribution < -0.4 is 5.32 Å². The zero-order valence-corrected chi connectivity index (χ0v) is 21.3. The van der Waals surface area contributed by atoms with Gasteiger partial charge < -0.3 is 20.1 Å². The highest BCUT2D eigenvalue weighted by atomic mass is 79.9. The molecule has 1 saturated heterocycles. The van der Waals surface area contributed by atoms with Crippen LogP contribution in [0.25, 0.3) is 10.9 Å². The average Bonchev–Trinajstić information content (AvgIpc) is 3.64. The lowest BCUT2D eigenvalue weighted by Gasteiger charge is -2.41. The van der Waals surface area contributed by atoms with Crippen LogP contribution in [0.4, 0.5) is 0 Å². The molecular weight excluding hydrogens is 508 g/mol. The zero-order valence-electron chi connectivity index (χ0n) is 19.7. The van der Waals surface area contributed by atoms with E-state index in [0.29, 0.717) is 31.6 Å². The van der Waals surface area contributed by atoms with E-state index in [1.165, 1.54) is 0 Å². The van der Waals surface area contributed by atoms with Crippen molar-refractivity contribution in [2.24, 2.45) is 5.92 Å². The van der Waals surface area contributed by atoms with Crippen molar-refractivity contribution in [2.45, 2.75) is 38.3 Å². The van der Waals surface area contributed by atoms with E-state index < -0.39 is 6.04 Å². The number of rotatable bonds is 6. The quantitative estimate of drug-likeness (QED) is 0.503. The lowest BCUT2D eigenvalue weighted by molar-refractivity contribution is -0.144. The van der Waals surface area contributed by atoms with Gasteiger partial charge in [0.25, 0.3) is 5.91 Å². The van der Waals surface area contributed by atoms with Gasteiger partial charge in [0.15, 0.2) is 0 Å². The van der Waals surface area contributed by atoms with Gasteiger partial charge in [0.2, 0.25) is 11.8 Å². The van der Waals surface area contributed by atoms with Crippen LogP contribution in [-0.2, 0) is 16.0 Å². The van der Waals surface area contributed by atoms with Crippen molar-refractivity contribution >= 4 is 44.6 Å². The van der Waals surface area contributed by atoms with Gasteiger partial charge in [-0.05, 0) is 55.7 Å². The number of aromatic amines is 1. The summed E-state index contributed by atoms with van der Waals surface area (Å²) in [6, 6.07) is 14.3. The Morgan fingerprint density at radius 3 is 2.54 bits per heavy atom. The number of hydrogen-bond donors (Lipinski definition) is 2. The molecule has 3 amide bonds. The zero-order chi connectivity index (χ0) is 24.5. The third-order valence-electron chi connectivity index (χ3n) is 6.96. The smallest absolute Gasteiger partial charge is 0.251 e. The SMILES string of the molecule is CC1CN(C(=O)C(Cc2c[nH]c3ccccc23)NC(=O)c2ccc(Br)cc2)CCN1C(=O)C1CC1. The van der Waals surface area contributed by atoms with E-state index in [1.807, 2.05) is 54.4 Å².